The number of ether oxygens (including phenoxy) is 2. The van der Waals surface area contributed by atoms with E-state index in [4.69, 9.17) is 9.47 Å². The van der Waals surface area contributed by atoms with E-state index < -0.39 is 0 Å². The highest BCUT2D eigenvalue weighted by Crippen LogP contribution is 2.42. The Kier molecular flexibility index (Phi) is 3.83. The van der Waals surface area contributed by atoms with Crippen LogP contribution >= 0.6 is 11.8 Å². The van der Waals surface area contributed by atoms with Gasteiger partial charge in [-0.3, -0.25) is 4.79 Å². The van der Waals surface area contributed by atoms with Crippen LogP contribution < -0.4 is 4.74 Å². The molecule has 0 aromatic heterocycles. The summed E-state index contributed by atoms with van der Waals surface area (Å²) in [5.41, 5.74) is 0.948. The molecule has 1 aliphatic heterocycles. The maximum atomic E-state index is 12.3. The van der Waals surface area contributed by atoms with Crippen molar-refractivity contribution >= 4 is 28.5 Å². The van der Waals surface area contributed by atoms with Gasteiger partial charge in [-0.1, -0.05) is 30.3 Å². The highest BCUT2D eigenvalue weighted by atomic mass is 32.2. The second-order valence-corrected chi connectivity index (χ2v) is 5.76. The van der Waals surface area contributed by atoms with E-state index in [-0.39, 0.29) is 11.2 Å². The number of fused-ring (bicyclic) bond motifs is 3. The minimum atomic E-state index is -0.307. The molecule has 20 heavy (non-hydrogen) atoms. The highest BCUT2D eigenvalue weighted by molar-refractivity contribution is 8.00. The Labute approximate surface area is 122 Å². The lowest BCUT2D eigenvalue weighted by molar-refractivity contribution is -0.142. The third-order valence-corrected chi connectivity index (χ3v) is 4.48. The molecule has 2 aromatic rings. The monoisotopic (exact) mass is 288 g/mol. The number of rotatable bonds is 2. The van der Waals surface area contributed by atoms with Crippen molar-refractivity contribution in [1.82, 2.24) is 0 Å². The average molecular weight is 288 g/mol. The van der Waals surface area contributed by atoms with Gasteiger partial charge < -0.3 is 9.47 Å². The standard InChI is InChI=1S/C16H16O3S/c1-2-18-16(17)15-14-12-6-4-3-5-11(12)7-8-13(14)19-9-10-20-15/h3-8,15H,2,9-10H2,1H3. The normalized spacial score (nSPS) is 17.9. The molecule has 104 valence electrons. The molecule has 0 amide bonds. The molecule has 0 aliphatic carbocycles. The number of esters is 1. The van der Waals surface area contributed by atoms with E-state index in [9.17, 15) is 4.79 Å². The van der Waals surface area contributed by atoms with Gasteiger partial charge in [0.2, 0.25) is 0 Å². The first-order valence-electron chi connectivity index (χ1n) is 6.74. The summed E-state index contributed by atoms with van der Waals surface area (Å²) in [6, 6.07) is 12.1. The SMILES string of the molecule is CCOC(=O)C1SCCOc2ccc3ccccc3c21. The van der Waals surface area contributed by atoms with Crippen molar-refractivity contribution in [2.75, 3.05) is 19.0 Å². The molecule has 1 unspecified atom stereocenters. The summed E-state index contributed by atoms with van der Waals surface area (Å²) in [6.45, 7) is 2.85. The number of hydrogen-bond acceptors (Lipinski definition) is 4. The van der Waals surface area contributed by atoms with Crippen molar-refractivity contribution in [1.29, 1.82) is 0 Å². The number of carbonyl (C=O) groups excluding carboxylic acids is 1. The quantitative estimate of drug-likeness (QED) is 0.791. The van der Waals surface area contributed by atoms with Crippen molar-refractivity contribution < 1.29 is 14.3 Å². The molecule has 1 atom stereocenters. The number of benzene rings is 2. The van der Waals surface area contributed by atoms with Gasteiger partial charge in [0.1, 0.15) is 11.0 Å². The molecule has 0 radical (unpaired) electrons. The molecule has 0 bridgehead atoms. The zero-order valence-electron chi connectivity index (χ0n) is 11.3. The van der Waals surface area contributed by atoms with Crippen LogP contribution in [0.3, 0.4) is 0 Å². The Balaban J connectivity index is 2.17. The second-order valence-electron chi connectivity index (χ2n) is 4.55. The van der Waals surface area contributed by atoms with Crippen LogP contribution in [0.2, 0.25) is 0 Å². The molecule has 0 fully saturated rings. The Morgan fingerprint density at radius 2 is 2.20 bits per heavy atom. The Hall–Kier alpha value is -1.68. The van der Waals surface area contributed by atoms with Crippen LogP contribution in [0.25, 0.3) is 10.8 Å². The van der Waals surface area contributed by atoms with E-state index in [1.807, 2.05) is 43.3 Å². The summed E-state index contributed by atoms with van der Waals surface area (Å²) in [4.78, 5) is 12.3. The zero-order valence-corrected chi connectivity index (χ0v) is 12.1. The highest BCUT2D eigenvalue weighted by Gasteiger charge is 2.29. The van der Waals surface area contributed by atoms with Crippen molar-refractivity contribution in [3.63, 3.8) is 0 Å². The van der Waals surface area contributed by atoms with E-state index in [2.05, 4.69) is 0 Å². The van der Waals surface area contributed by atoms with Gasteiger partial charge in [0.25, 0.3) is 0 Å². The van der Waals surface area contributed by atoms with Gasteiger partial charge in [-0.2, -0.15) is 0 Å². The molecule has 0 saturated heterocycles. The third kappa shape index (κ3) is 2.36. The Morgan fingerprint density at radius 1 is 1.35 bits per heavy atom. The number of hydrogen-bond donors (Lipinski definition) is 0. The van der Waals surface area contributed by atoms with Crippen molar-refractivity contribution in [3.05, 3.63) is 42.0 Å². The van der Waals surface area contributed by atoms with E-state index in [0.717, 1.165) is 27.8 Å². The molecule has 0 N–H and O–H groups in total. The fourth-order valence-electron chi connectivity index (χ4n) is 2.48. The van der Waals surface area contributed by atoms with Crippen LogP contribution in [0, 0.1) is 0 Å². The minimum Gasteiger partial charge on any atom is -0.492 e. The maximum Gasteiger partial charge on any atom is 0.323 e. The Bertz CT molecular complexity index is 639. The molecule has 4 heteroatoms. The van der Waals surface area contributed by atoms with Crippen LogP contribution in [0.1, 0.15) is 17.7 Å². The van der Waals surface area contributed by atoms with Gasteiger partial charge in [0.15, 0.2) is 0 Å². The molecule has 3 rings (SSSR count). The molecule has 0 saturated carbocycles. The summed E-state index contributed by atoms with van der Waals surface area (Å²) in [5, 5.41) is 1.88. The molecule has 1 aliphatic rings. The van der Waals surface area contributed by atoms with Crippen LogP contribution in [-0.2, 0) is 9.53 Å². The van der Waals surface area contributed by atoms with Crippen LogP contribution in [-0.4, -0.2) is 24.9 Å². The van der Waals surface area contributed by atoms with Gasteiger partial charge >= 0.3 is 5.97 Å². The lowest BCUT2D eigenvalue weighted by Crippen LogP contribution is -2.13. The molecular weight excluding hydrogens is 272 g/mol. The molecule has 0 spiro atoms. The van der Waals surface area contributed by atoms with Gasteiger partial charge in [-0.15, -0.1) is 11.8 Å². The van der Waals surface area contributed by atoms with E-state index in [1.165, 1.54) is 0 Å². The van der Waals surface area contributed by atoms with E-state index in [0.29, 0.717) is 13.2 Å². The predicted octanol–water partition coefficient (Wildman–Crippen LogP) is 3.57. The van der Waals surface area contributed by atoms with Crippen molar-refractivity contribution in [2.45, 2.75) is 12.2 Å². The van der Waals surface area contributed by atoms with Crippen LogP contribution in [0.5, 0.6) is 5.75 Å². The summed E-state index contributed by atoms with van der Waals surface area (Å²) in [6.07, 6.45) is 0. The summed E-state index contributed by atoms with van der Waals surface area (Å²) in [5.74, 6) is 1.40. The second kappa shape index (κ2) is 5.75. The Morgan fingerprint density at radius 3 is 3.05 bits per heavy atom. The smallest absolute Gasteiger partial charge is 0.323 e. The first-order chi connectivity index (χ1) is 9.81. The number of thioether (sulfide) groups is 1. The number of carbonyl (C=O) groups is 1. The van der Waals surface area contributed by atoms with Gasteiger partial charge in [-0.05, 0) is 23.8 Å². The van der Waals surface area contributed by atoms with E-state index >= 15 is 0 Å². The lowest BCUT2D eigenvalue weighted by atomic mass is 10.0. The molecule has 3 nitrogen and oxygen atoms in total. The largest absolute Gasteiger partial charge is 0.492 e. The van der Waals surface area contributed by atoms with Gasteiger partial charge in [0, 0.05) is 11.3 Å². The van der Waals surface area contributed by atoms with Crippen molar-refractivity contribution in [3.8, 4) is 5.75 Å². The fourth-order valence-corrected chi connectivity index (χ4v) is 3.51. The minimum absolute atomic E-state index is 0.180. The lowest BCUT2D eigenvalue weighted by Gasteiger charge is -2.17. The van der Waals surface area contributed by atoms with Gasteiger partial charge in [0.05, 0.1) is 13.2 Å². The third-order valence-electron chi connectivity index (χ3n) is 3.32. The summed E-state index contributed by atoms with van der Waals surface area (Å²) < 4.78 is 11.0. The average Bonchev–Trinajstić information content (AvgIpc) is 2.70. The molecule has 2 aromatic carbocycles. The molecule has 1 heterocycles. The first-order valence-corrected chi connectivity index (χ1v) is 7.79. The summed E-state index contributed by atoms with van der Waals surface area (Å²) in [7, 11) is 0. The topological polar surface area (TPSA) is 35.5 Å². The predicted molar refractivity (Wildman–Crippen MR) is 81.3 cm³/mol. The van der Waals surface area contributed by atoms with Crippen LogP contribution in [0.15, 0.2) is 36.4 Å². The summed E-state index contributed by atoms with van der Waals surface area (Å²) >= 11 is 1.59. The van der Waals surface area contributed by atoms with Gasteiger partial charge in [-0.25, -0.2) is 0 Å². The zero-order chi connectivity index (χ0) is 13.9. The molecular formula is C16H16O3S. The first kappa shape index (κ1) is 13.3. The van der Waals surface area contributed by atoms with Crippen molar-refractivity contribution in [2.24, 2.45) is 0 Å². The fraction of sp³-hybridized carbons (Fsp3) is 0.312. The maximum absolute atomic E-state index is 12.3. The van der Waals surface area contributed by atoms with Crippen LogP contribution in [0.4, 0.5) is 0 Å². The van der Waals surface area contributed by atoms with E-state index in [1.54, 1.807) is 11.8 Å².